The molecule has 4 heteroatoms. The number of benzene rings is 1. The predicted molar refractivity (Wildman–Crippen MR) is 64.6 cm³/mol. The summed E-state index contributed by atoms with van der Waals surface area (Å²) in [5.74, 6) is 0.772. The smallest absolute Gasteiger partial charge is 0.120 e. The topological polar surface area (TPSA) is 38.7 Å². The molecule has 1 fully saturated rings. The monoisotopic (exact) mass is 286 g/mol. The van der Waals surface area contributed by atoms with Gasteiger partial charge < -0.3 is 14.6 Å². The van der Waals surface area contributed by atoms with E-state index in [9.17, 15) is 5.11 Å². The molecule has 2 rings (SSSR count). The standard InChI is InChI=1S/C12H15BrO3/c13-10-2-1-3-11(8-10)16-9-12(14)4-6-15-7-5-12/h1-3,8,14H,4-7,9H2. The van der Waals surface area contributed by atoms with Crippen LogP contribution in [0.1, 0.15) is 12.8 Å². The summed E-state index contributed by atoms with van der Waals surface area (Å²) >= 11 is 3.38. The summed E-state index contributed by atoms with van der Waals surface area (Å²) in [5, 5.41) is 10.2. The van der Waals surface area contributed by atoms with Gasteiger partial charge in [-0.05, 0) is 18.2 Å². The van der Waals surface area contributed by atoms with E-state index >= 15 is 0 Å². The van der Waals surface area contributed by atoms with Gasteiger partial charge in [0.1, 0.15) is 18.0 Å². The summed E-state index contributed by atoms with van der Waals surface area (Å²) in [4.78, 5) is 0. The van der Waals surface area contributed by atoms with E-state index in [-0.39, 0.29) is 0 Å². The maximum absolute atomic E-state index is 10.2. The van der Waals surface area contributed by atoms with E-state index in [0.717, 1.165) is 10.2 Å². The second kappa shape index (κ2) is 5.17. The minimum Gasteiger partial charge on any atom is -0.491 e. The Morgan fingerprint density at radius 2 is 2.12 bits per heavy atom. The lowest BCUT2D eigenvalue weighted by Gasteiger charge is -2.31. The van der Waals surface area contributed by atoms with Gasteiger partial charge in [-0.3, -0.25) is 0 Å². The molecule has 16 heavy (non-hydrogen) atoms. The fourth-order valence-corrected chi connectivity index (χ4v) is 2.05. The highest BCUT2D eigenvalue weighted by atomic mass is 79.9. The number of aliphatic hydroxyl groups is 1. The predicted octanol–water partition coefficient (Wildman–Crippen LogP) is 2.37. The second-order valence-electron chi connectivity index (χ2n) is 4.08. The van der Waals surface area contributed by atoms with Crippen LogP contribution in [-0.2, 0) is 4.74 Å². The van der Waals surface area contributed by atoms with Crippen LogP contribution in [0.15, 0.2) is 28.7 Å². The molecule has 0 saturated carbocycles. The van der Waals surface area contributed by atoms with E-state index < -0.39 is 5.60 Å². The van der Waals surface area contributed by atoms with Crippen molar-refractivity contribution in [3.8, 4) is 5.75 Å². The van der Waals surface area contributed by atoms with Gasteiger partial charge in [0, 0.05) is 30.5 Å². The molecule has 0 bridgehead atoms. The van der Waals surface area contributed by atoms with Crippen molar-refractivity contribution in [2.75, 3.05) is 19.8 Å². The maximum Gasteiger partial charge on any atom is 0.120 e. The summed E-state index contributed by atoms with van der Waals surface area (Å²) in [6.45, 7) is 1.55. The Hall–Kier alpha value is -0.580. The molecule has 1 aromatic rings. The molecule has 0 radical (unpaired) electrons. The Bertz CT molecular complexity index is 348. The van der Waals surface area contributed by atoms with Crippen LogP contribution in [0.3, 0.4) is 0 Å². The van der Waals surface area contributed by atoms with Gasteiger partial charge >= 0.3 is 0 Å². The molecule has 0 unspecified atom stereocenters. The third kappa shape index (κ3) is 3.20. The second-order valence-corrected chi connectivity index (χ2v) is 5.00. The summed E-state index contributed by atoms with van der Waals surface area (Å²) < 4.78 is 11.8. The van der Waals surface area contributed by atoms with E-state index in [1.54, 1.807) is 0 Å². The van der Waals surface area contributed by atoms with Gasteiger partial charge in [0.25, 0.3) is 0 Å². The zero-order valence-electron chi connectivity index (χ0n) is 8.99. The lowest BCUT2D eigenvalue weighted by atomic mass is 9.96. The highest BCUT2D eigenvalue weighted by Gasteiger charge is 2.30. The molecule has 1 saturated heterocycles. The van der Waals surface area contributed by atoms with Gasteiger partial charge in [-0.1, -0.05) is 22.0 Å². The normalized spacial score (nSPS) is 19.4. The van der Waals surface area contributed by atoms with Crippen LogP contribution >= 0.6 is 15.9 Å². The molecule has 88 valence electrons. The summed E-state index contributed by atoms with van der Waals surface area (Å²) in [6, 6.07) is 7.62. The van der Waals surface area contributed by atoms with Crippen LogP contribution in [0.2, 0.25) is 0 Å². The van der Waals surface area contributed by atoms with Crippen molar-refractivity contribution < 1.29 is 14.6 Å². The van der Waals surface area contributed by atoms with Crippen LogP contribution in [-0.4, -0.2) is 30.5 Å². The van der Waals surface area contributed by atoms with Crippen LogP contribution in [0.5, 0.6) is 5.75 Å². The molecule has 1 aliphatic rings. The zero-order valence-corrected chi connectivity index (χ0v) is 10.6. The van der Waals surface area contributed by atoms with Gasteiger partial charge in [-0.15, -0.1) is 0 Å². The van der Waals surface area contributed by atoms with Crippen LogP contribution < -0.4 is 4.74 Å². The molecule has 1 N–H and O–H groups in total. The number of halogens is 1. The molecule has 1 heterocycles. The molecule has 0 amide bonds. The first-order valence-corrected chi connectivity index (χ1v) is 6.16. The Balaban J connectivity index is 1.91. The average molecular weight is 287 g/mol. The fourth-order valence-electron chi connectivity index (χ4n) is 1.67. The summed E-state index contributed by atoms with van der Waals surface area (Å²) in [5.41, 5.74) is -0.736. The first kappa shape index (κ1) is 11.9. The molecule has 1 aromatic carbocycles. The van der Waals surface area contributed by atoms with E-state index in [2.05, 4.69) is 15.9 Å². The van der Waals surface area contributed by atoms with Crippen LogP contribution in [0.25, 0.3) is 0 Å². The molecular weight excluding hydrogens is 272 g/mol. The Morgan fingerprint density at radius 1 is 1.38 bits per heavy atom. The molecule has 1 aliphatic heterocycles. The third-order valence-electron chi connectivity index (χ3n) is 2.73. The summed E-state index contributed by atoms with van der Waals surface area (Å²) in [6.07, 6.45) is 1.28. The molecule has 0 aliphatic carbocycles. The van der Waals surface area contributed by atoms with Crippen molar-refractivity contribution in [1.29, 1.82) is 0 Å². The van der Waals surface area contributed by atoms with Gasteiger partial charge in [0.05, 0.1) is 0 Å². The number of hydrogen-bond donors (Lipinski definition) is 1. The van der Waals surface area contributed by atoms with E-state index in [1.807, 2.05) is 24.3 Å². The third-order valence-corrected chi connectivity index (χ3v) is 3.22. The van der Waals surface area contributed by atoms with Gasteiger partial charge in [-0.25, -0.2) is 0 Å². The van der Waals surface area contributed by atoms with E-state index in [0.29, 0.717) is 32.7 Å². The first-order chi connectivity index (χ1) is 7.68. The minimum absolute atomic E-state index is 0.326. The van der Waals surface area contributed by atoms with Crippen molar-refractivity contribution in [3.05, 3.63) is 28.7 Å². The fraction of sp³-hybridized carbons (Fsp3) is 0.500. The van der Waals surface area contributed by atoms with Crippen LogP contribution in [0, 0.1) is 0 Å². The quantitative estimate of drug-likeness (QED) is 0.927. The van der Waals surface area contributed by atoms with Crippen molar-refractivity contribution >= 4 is 15.9 Å². The number of hydrogen-bond acceptors (Lipinski definition) is 3. The van der Waals surface area contributed by atoms with Gasteiger partial charge in [0.15, 0.2) is 0 Å². The van der Waals surface area contributed by atoms with E-state index in [1.165, 1.54) is 0 Å². The van der Waals surface area contributed by atoms with Gasteiger partial charge in [-0.2, -0.15) is 0 Å². The minimum atomic E-state index is -0.736. The van der Waals surface area contributed by atoms with Crippen LogP contribution in [0.4, 0.5) is 0 Å². The maximum atomic E-state index is 10.2. The van der Waals surface area contributed by atoms with Crippen molar-refractivity contribution in [3.63, 3.8) is 0 Å². The highest BCUT2D eigenvalue weighted by molar-refractivity contribution is 9.10. The average Bonchev–Trinajstić information content (AvgIpc) is 2.28. The first-order valence-electron chi connectivity index (χ1n) is 5.36. The number of rotatable bonds is 3. The molecule has 0 atom stereocenters. The molecule has 0 aromatic heterocycles. The number of ether oxygens (including phenoxy) is 2. The Labute approximate surface area is 104 Å². The van der Waals surface area contributed by atoms with Gasteiger partial charge in [0.2, 0.25) is 0 Å². The zero-order chi connectivity index (χ0) is 11.4. The SMILES string of the molecule is OC1(COc2cccc(Br)c2)CCOCC1. The van der Waals surface area contributed by atoms with E-state index in [4.69, 9.17) is 9.47 Å². The Kier molecular flexibility index (Phi) is 3.84. The highest BCUT2D eigenvalue weighted by Crippen LogP contribution is 2.23. The Morgan fingerprint density at radius 3 is 2.81 bits per heavy atom. The van der Waals surface area contributed by atoms with Crippen molar-refractivity contribution in [1.82, 2.24) is 0 Å². The largest absolute Gasteiger partial charge is 0.491 e. The molecule has 3 nitrogen and oxygen atoms in total. The van der Waals surface area contributed by atoms with Crippen molar-refractivity contribution in [2.45, 2.75) is 18.4 Å². The summed E-state index contributed by atoms with van der Waals surface area (Å²) in [7, 11) is 0. The molecular formula is C12H15BrO3. The van der Waals surface area contributed by atoms with Crippen molar-refractivity contribution in [2.24, 2.45) is 0 Å². The lowest BCUT2D eigenvalue weighted by Crippen LogP contribution is -2.41. The molecule has 0 spiro atoms. The lowest BCUT2D eigenvalue weighted by molar-refractivity contribution is -0.0855.